The fourth-order valence-corrected chi connectivity index (χ4v) is 2.22. The maximum atomic E-state index is 14.1. The van der Waals surface area contributed by atoms with Crippen LogP contribution in [0.1, 0.15) is 11.1 Å². The van der Waals surface area contributed by atoms with Crippen molar-refractivity contribution in [3.63, 3.8) is 0 Å². The lowest BCUT2D eigenvalue weighted by molar-refractivity contribution is -0.137. The van der Waals surface area contributed by atoms with E-state index in [1.165, 1.54) is 38.5 Å². The lowest BCUT2D eigenvalue weighted by atomic mass is 10.1. The second kappa shape index (κ2) is 9.63. The van der Waals surface area contributed by atoms with Crippen LogP contribution in [-0.2, 0) is 15.7 Å². The second-order valence-corrected chi connectivity index (χ2v) is 5.47. The number of benzene rings is 2. The molecule has 0 radical (unpaired) electrons. The SMILES string of the molecule is COC(=O)C=Cc1cccc(F)c1N=CC=Nc1cc(C(F)(F)F)ccc1OC. The largest absolute Gasteiger partial charge is 0.494 e. The zero-order valence-electron chi connectivity index (χ0n) is 15.4. The molecule has 0 N–H and O–H groups in total. The van der Waals surface area contributed by atoms with Gasteiger partial charge in [-0.2, -0.15) is 13.2 Å². The highest BCUT2D eigenvalue weighted by atomic mass is 19.4. The van der Waals surface area contributed by atoms with Crippen LogP contribution < -0.4 is 4.74 Å². The predicted molar refractivity (Wildman–Crippen MR) is 102 cm³/mol. The van der Waals surface area contributed by atoms with Crippen LogP contribution in [0.25, 0.3) is 6.08 Å². The molecule has 0 bridgehead atoms. The zero-order chi connectivity index (χ0) is 21.4. The Balaban J connectivity index is 2.29. The fourth-order valence-electron chi connectivity index (χ4n) is 2.22. The van der Waals surface area contributed by atoms with E-state index >= 15 is 0 Å². The Morgan fingerprint density at radius 2 is 1.79 bits per heavy atom. The number of rotatable bonds is 6. The quantitative estimate of drug-likeness (QED) is 0.288. The summed E-state index contributed by atoms with van der Waals surface area (Å²) in [5.41, 5.74) is -0.716. The Hall–Kier alpha value is -3.49. The van der Waals surface area contributed by atoms with Crippen LogP contribution >= 0.6 is 0 Å². The summed E-state index contributed by atoms with van der Waals surface area (Å²) >= 11 is 0. The van der Waals surface area contributed by atoms with Gasteiger partial charge in [0, 0.05) is 24.1 Å². The van der Waals surface area contributed by atoms with Crippen LogP contribution in [0.4, 0.5) is 28.9 Å². The van der Waals surface area contributed by atoms with Crippen molar-refractivity contribution < 1.29 is 31.8 Å². The number of para-hydroxylation sites is 1. The summed E-state index contributed by atoms with van der Waals surface area (Å²) in [6.07, 6.45) is 0.133. The molecule has 0 unspecified atom stereocenters. The van der Waals surface area contributed by atoms with E-state index in [-0.39, 0.29) is 17.1 Å². The molecule has 2 aromatic carbocycles. The number of carbonyl (C=O) groups excluding carboxylic acids is 1. The first kappa shape index (κ1) is 21.8. The van der Waals surface area contributed by atoms with Gasteiger partial charge in [-0.15, -0.1) is 0 Å². The third-order valence-corrected chi connectivity index (χ3v) is 3.61. The first-order valence-corrected chi connectivity index (χ1v) is 8.12. The Kier molecular flexibility index (Phi) is 7.24. The summed E-state index contributed by atoms with van der Waals surface area (Å²) in [5, 5.41) is 0. The van der Waals surface area contributed by atoms with Gasteiger partial charge in [-0.3, -0.25) is 9.98 Å². The Morgan fingerprint density at radius 1 is 1.07 bits per heavy atom. The number of nitrogens with zero attached hydrogens (tertiary/aromatic N) is 2. The van der Waals surface area contributed by atoms with E-state index in [1.54, 1.807) is 0 Å². The van der Waals surface area contributed by atoms with Gasteiger partial charge in [0.25, 0.3) is 0 Å². The minimum atomic E-state index is -4.53. The molecule has 0 fully saturated rings. The topological polar surface area (TPSA) is 60.2 Å². The Morgan fingerprint density at radius 3 is 2.45 bits per heavy atom. The fraction of sp³-hybridized carbons (Fsp3) is 0.150. The van der Waals surface area contributed by atoms with Gasteiger partial charge in [0.15, 0.2) is 0 Å². The van der Waals surface area contributed by atoms with Crippen molar-refractivity contribution in [3.8, 4) is 5.75 Å². The van der Waals surface area contributed by atoms with Crippen LogP contribution in [0.5, 0.6) is 5.75 Å². The molecule has 0 saturated carbocycles. The van der Waals surface area contributed by atoms with E-state index in [1.807, 2.05) is 0 Å². The minimum absolute atomic E-state index is 0.0619. The number of esters is 1. The second-order valence-electron chi connectivity index (χ2n) is 5.47. The number of ether oxygens (including phenoxy) is 2. The zero-order valence-corrected chi connectivity index (χ0v) is 15.4. The summed E-state index contributed by atoms with van der Waals surface area (Å²) in [5.74, 6) is -1.14. The third kappa shape index (κ3) is 6.00. The van der Waals surface area contributed by atoms with Crippen molar-refractivity contribution in [2.24, 2.45) is 9.98 Å². The third-order valence-electron chi connectivity index (χ3n) is 3.61. The van der Waals surface area contributed by atoms with Gasteiger partial charge in [-0.25, -0.2) is 9.18 Å². The van der Waals surface area contributed by atoms with Crippen molar-refractivity contribution in [3.05, 3.63) is 59.4 Å². The Labute approximate surface area is 164 Å². The van der Waals surface area contributed by atoms with E-state index in [4.69, 9.17) is 4.74 Å². The smallest absolute Gasteiger partial charge is 0.416 e. The van der Waals surface area contributed by atoms with Gasteiger partial charge in [-0.05, 0) is 30.3 Å². The maximum absolute atomic E-state index is 14.1. The van der Waals surface area contributed by atoms with Crippen molar-refractivity contribution in [1.82, 2.24) is 0 Å². The number of alkyl halides is 3. The molecule has 9 heteroatoms. The van der Waals surface area contributed by atoms with Crippen LogP contribution in [0, 0.1) is 5.82 Å². The molecule has 0 spiro atoms. The van der Waals surface area contributed by atoms with Crippen molar-refractivity contribution in [2.75, 3.05) is 14.2 Å². The highest BCUT2D eigenvalue weighted by Gasteiger charge is 2.31. The molecule has 152 valence electrons. The van der Waals surface area contributed by atoms with E-state index in [0.29, 0.717) is 5.56 Å². The standard InChI is InChI=1S/C20H16F4N2O3/c1-28-17-8-7-14(20(22,23)24)12-16(17)25-10-11-26-19-13(4-3-5-15(19)21)6-9-18(27)29-2/h3-12H,1-2H3. The molecular formula is C20H16F4N2O3. The first-order valence-electron chi connectivity index (χ1n) is 8.12. The van der Waals surface area contributed by atoms with Gasteiger partial charge >= 0.3 is 12.1 Å². The van der Waals surface area contributed by atoms with Crippen LogP contribution in [0.3, 0.4) is 0 Å². The molecule has 0 heterocycles. The monoisotopic (exact) mass is 408 g/mol. The number of carbonyl (C=O) groups is 1. The summed E-state index contributed by atoms with van der Waals surface area (Å²) in [6, 6.07) is 7.01. The molecule has 0 aliphatic heterocycles. The molecule has 5 nitrogen and oxygen atoms in total. The summed E-state index contributed by atoms with van der Waals surface area (Å²) in [7, 11) is 2.50. The maximum Gasteiger partial charge on any atom is 0.416 e. The van der Waals surface area contributed by atoms with Gasteiger partial charge in [0.2, 0.25) is 0 Å². The number of halogens is 4. The van der Waals surface area contributed by atoms with Crippen molar-refractivity contribution in [1.29, 1.82) is 0 Å². The van der Waals surface area contributed by atoms with Crippen molar-refractivity contribution in [2.45, 2.75) is 6.18 Å². The van der Waals surface area contributed by atoms with Gasteiger partial charge < -0.3 is 9.47 Å². The van der Waals surface area contributed by atoms with Crippen LogP contribution in [-0.4, -0.2) is 32.6 Å². The Bertz CT molecular complexity index is 967. The molecule has 29 heavy (non-hydrogen) atoms. The molecule has 0 amide bonds. The molecular weight excluding hydrogens is 392 g/mol. The number of methoxy groups -OCH3 is 2. The molecule has 2 aromatic rings. The van der Waals surface area contributed by atoms with Crippen molar-refractivity contribution >= 4 is 35.8 Å². The minimum Gasteiger partial charge on any atom is -0.494 e. The molecule has 2 rings (SSSR count). The number of hydrogen-bond acceptors (Lipinski definition) is 5. The normalized spacial score (nSPS) is 12.2. The van der Waals surface area contributed by atoms with Gasteiger partial charge in [-0.1, -0.05) is 12.1 Å². The average Bonchev–Trinajstić information content (AvgIpc) is 2.69. The molecule has 0 aliphatic rings. The summed E-state index contributed by atoms with van der Waals surface area (Å²) in [4.78, 5) is 19.0. The van der Waals surface area contributed by atoms with Crippen LogP contribution in [0.2, 0.25) is 0 Å². The summed E-state index contributed by atoms with van der Waals surface area (Å²) in [6.45, 7) is 0. The van der Waals surface area contributed by atoms with Gasteiger partial charge in [0.05, 0.1) is 19.8 Å². The molecule has 0 aliphatic carbocycles. The van der Waals surface area contributed by atoms with E-state index in [2.05, 4.69) is 14.7 Å². The average molecular weight is 408 g/mol. The molecule has 0 atom stereocenters. The van der Waals surface area contributed by atoms with E-state index in [0.717, 1.165) is 36.7 Å². The number of aliphatic imine (C=N–C) groups is 2. The highest BCUT2D eigenvalue weighted by Crippen LogP contribution is 2.36. The number of hydrogen-bond donors (Lipinski definition) is 0. The van der Waals surface area contributed by atoms with E-state index < -0.39 is 23.5 Å². The molecule has 0 saturated heterocycles. The van der Waals surface area contributed by atoms with E-state index in [9.17, 15) is 22.4 Å². The summed E-state index contributed by atoms with van der Waals surface area (Å²) < 4.78 is 62.1. The van der Waals surface area contributed by atoms with Crippen LogP contribution in [0.15, 0.2) is 52.5 Å². The predicted octanol–water partition coefficient (Wildman–Crippen LogP) is 5.14. The lowest BCUT2D eigenvalue weighted by Gasteiger charge is -2.09. The van der Waals surface area contributed by atoms with Gasteiger partial charge in [0.1, 0.15) is 22.9 Å². The highest BCUT2D eigenvalue weighted by molar-refractivity contribution is 6.17. The first-order chi connectivity index (χ1) is 13.8. The molecule has 0 aromatic heterocycles. The lowest BCUT2D eigenvalue weighted by Crippen LogP contribution is -2.04.